The van der Waals surface area contributed by atoms with Crippen molar-refractivity contribution in [1.29, 1.82) is 0 Å². The molecule has 0 aromatic carbocycles. The van der Waals surface area contributed by atoms with Crippen LogP contribution in [0.25, 0.3) is 0 Å². The molecule has 2 N–H and O–H groups in total. The lowest BCUT2D eigenvalue weighted by molar-refractivity contribution is 0.111. The molecular weight excluding hydrogens is 230 g/mol. The van der Waals surface area contributed by atoms with Crippen LogP contribution in [0.2, 0.25) is 0 Å². The smallest absolute Gasteiger partial charge is 0.216 e. The third-order valence-corrected chi connectivity index (χ3v) is 3.70. The molecule has 18 heavy (non-hydrogen) atoms. The summed E-state index contributed by atoms with van der Waals surface area (Å²) >= 11 is 0. The van der Waals surface area contributed by atoms with Gasteiger partial charge in [0.2, 0.25) is 5.88 Å². The molecule has 1 aliphatic rings. The number of aromatic nitrogens is 2. The van der Waals surface area contributed by atoms with E-state index < -0.39 is 0 Å². The lowest BCUT2D eigenvalue weighted by Gasteiger charge is -2.26. The number of nitrogens with one attached hydrogen (secondary N) is 1. The molecule has 5 nitrogen and oxygen atoms in total. The van der Waals surface area contributed by atoms with Crippen LogP contribution in [0.1, 0.15) is 36.9 Å². The Kier molecular flexibility index (Phi) is 4.24. The summed E-state index contributed by atoms with van der Waals surface area (Å²) in [6, 6.07) is 0.401. The van der Waals surface area contributed by atoms with Gasteiger partial charge in [-0.3, -0.25) is 0 Å². The second kappa shape index (κ2) is 5.71. The first-order chi connectivity index (χ1) is 8.61. The van der Waals surface area contributed by atoms with Crippen molar-refractivity contribution < 1.29 is 9.84 Å². The molecule has 1 aliphatic carbocycles. The Bertz CT molecular complexity index is 403. The zero-order chi connectivity index (χ0) is 13.1. The number of aryl methyl sites for hydroxylation is 2. The maximum atomic E-state index is 9.66. The molecule has 0 saturated heterocycles. The summed E-state index contributed by atoms with van der Waals surface area (Å²) in [5.74, 6) is 0.816. The first-order valence-electron chi connectivity index (χ1n) is 6.59. The number of aliphatic hydroxyl groups is 1. The van der Waals surface area contributed by atoms with Gasteiger partial charge in [0, 0.05) is 19.6 Å². The molecule has 0 radical (unpaired) electrons. The fraction of sp³-hybridized carbons (Fsp3) is 0.769. The predicted octanol–water partition coefficient (Wildman–Crippen LogP) is 1.13. The minimum absolute atomic E-state index is 0.145. The number of nitrogens with zero attached hydrogens (tertiary/aromatic N) is 2. The third kappa shape index (κ3) is 2.84. The van der Waals surface area contributed by atoms with Crippen molar-refractivity contribution in [1.82, 2.24) is 15.1 Å². The molecular formula is C13H23N3O2. The van der Waals surface area contributed by atoms with E-state index in [-0.39, 0.29) is 6.10 Å². The van der Waals surface area contributed by atoms with Crippen molar-refractivity contribution >= 4 is 0 Å². The Balaban J connectivity index is 1.97. The third-order valence-electron chi connectivity index (χ3n) is 3.70. The molecule has 0 amide bonds. The predicted molar refractivity (Wildman–Crippen MR) is 69.6 cm³/mol. The number of ether oxygens (including phenoxy) is 1. The molecule has 1 aromatic rings. The fourth-order valence-electron chi connectivity index (χ4n) is 2.74. The van der Waals surface area contributed by atoms with Gasteiger partial charge >= 0.3 is 0 Å². The monoisotopic (exact) mass is 253 g/mol. The van der Waals surface area contributed by atoms with Crippen molar-refractivity contribution in [3.8, 4) is 5.88 Å². The van der Waals surface area contributed by atoms with Gasteiger partial charge in [0.1, 0.15) is 0 Å². The van der Waals surface area contributed by atoms with Gasteiger partial charge in [0.05, 0.1) is 24.5 Å². The van der Waals surface area contributed by atoms with Crippen LogP contribution in [0.15, 0.2) is 0 Å². The lowest BCUT2D eigenvalue weighted by atomic mass is 9.93. The average molecular weight is 253 g/mol. The van der Waals surface area contributed by atoms with E-state index in [2.05, 4.69) is 10.4 Å². The number of hydrogen-bond donors (Lipinski definition) is 2. The van der Waals surface area contributed by atoms with Crippen molar-refractivity contribution in [2.45, 2.75) is 51.3 Å². The van der Waals surface area contributed by atoms with Crippen LogP contribution >= 0.6 is 0 Å². The van der Waals surface area contributed by atoms with Crippen molar-refractivity contribution in [3.05, 3.63) is 11.3 Å². The second-order valence-corrected chi connectivity index (χ2v) is 5.10. The van der Waals surface area contributed by atoms with E-state index in [0.717, 1.165) is 49.4 Å². The highest BCUT2D eigenvalue weighted by molar-refractivity contribution is 5.30. The van der Waals surface area contributed by atoms with E-state index in [1.54, 1.807) is 11.8 Å². The van der Waals surface area contributed by atoms with E-state index >= 15 is 0 Å². The van der Waals surface area contributed by atoms with Gasteiger partial charge in [0.25, 0.3) is 0 Å². The maximum absolute atomic E-state index is 9.66. The Labute approximate surface area is 108 Å². The van der Waals surface area contributed by atoms with Crippen LogP contribution in [0.5, 0.6) is 5.88 Å². The van der Waals surface area contributed by atoms with E-state index in [4.69, 9.17) is 4.74 Å². The normalized spacial score (nSPS) is 24.2. The first-order valence-corrected chi connectivity index (χ1v) is 6.59. The summed E-state index contributed by atoms with van der Waals surface area (Å²) in [6.07, 6.45) is 3.88. The quantitative estimate of drug-likeness (QED) is 0.844. The lowest BCUT2D eigenvalue weighted by Crippen LogP contribution is -2.35. The van der Waals surface area contributed by atoms with Crippen LogP contribution in [-0.4, -0.2) is 34.1 Å². The van der Waals surface area contributed by atoms with Crippen molar-refractivity contribution in [3.63, 3.8) is 0 Å². The first kappa shape index (κ1) is 13.4. The SMILES string of the molecule is COc1c(CNC2CCCC(O)C2)c(C)nn1C. The molecule has 102 valence electrons. The minimum Gasteiger partial charge on any atom is -0.481 e. The van der Waals surface area contributed by atoms with Crippen LogP contribution in [-0.2, 0) is 13.6 Å². The Morgan fingerprint density at radius 1 is 1.50 bits per heavy atom. The molecule has 0 spiro atoms. The number of hydrogen-bond acceptors (Lipinski definition) is 4. The van der Waals surface area contributed by atoms with E-state index in [1.807, 2.05) is 14.0 Å². The van der Waals surface area contributed by atoms with Crippen molar-refractivity contribution in [2.24, 2.45) is 7.05 Å². The molecule has 1 aromatic heterocycles. The summed E-state index contributed by atoms with van der Waals surface area (Å²) in [5, 5.41) is 17.5. The number of methoxy groups -OCH3 is 1. The number of rotatable bonds is 4. The summed E-state index contributed by atoms with van der Waals surface area (Å²) < 4.78 is 7.13. The molecule has 0 bridgehead atoms. The topological polar surface area (TPSA) is 59.3 Å². The summed E-state index contributed by atoms with van der Waals surface area (Å²) in [6.45, 7) is 2.75. The zero-order valence-electron chi connectivity index (χ0n) is 11.4. The summed E-state index contributed by atoms with van der Waals surface area (Å²) in [4.78, 5) is 0. The van der Waals surface area contributed by atoms with Gasteiger partial charge in [-0.15, -0.1) is 0 Å². The number of aliphatic hydroxyl groups excluding tert-OH is 1. The van der Waals surface area contributed by atoms with Gasteiger partial charge in [-0.1, -0.05) is 0 Å². The zero-order valence-corrected chi connectivity index (χ0v) is 11.4. The molecule has 2 rings (SSSR count). The van der Waals surface area contributed by atoms with E-state index in [9.17, 15) is 5.11 Å². The van der Waals surface area contributed by atoms with Gasteiger partial charge in [-0.25, -0.2) is 4.68 Å². The maximum Gasteiger partial charge on any atom is 0.216 e. The summed E-state index contributed by atoms with van der Waals surface area (Å²) in [7, 11) is 3.56. The van der Waals surface area contributed by atoms with E-state index in [1.165, 1.54) is 0 Å². The van der Waals surface area contributed by atoms with Gasteiger partial charge in [0.15, 0.2) is 0 Å². The largest absolute Gasteiger partial charge is 0.481 e. The Morgan fingerprint density at radius 3 is 2.94 bits per heavy atom. The minimum atomic E-state index is -0.145. The molecule has 5 heteroatoms. The van der Waals surface area contributed by atoms with Gasteiger partial charge in [-0.05, 0) is 32.6 Å². The van der Waals surface area contributed by atoms with Gasteiger partial charge in [-0.2, -0.15) is 5.10 Å². The Hall–Kier alpha value is -1.07. The van der Waals surface area contributed by atoms with Crippen LogP contribution in [0.4, 0.5) is 0 Å². The molecule has 2 atom stereocenters. The highest BCUT2D eigenvalue weighted by Crippen LogP contribution is 2.23. The highest BCUT2D eigenvalue weighted by atomic mass is 16.5. The molecule has 1 fully saturated rings. The molecule has 1 saturated carbocycles. The van der Waals surface area contributed by atoms with Crippen LogP contribution < -0.4 is 10.1 Å². The Morgan fingerprint density at radius 2 is 2.28 bits per heavy atom. The molecule has 1 heterocycles. The molecule has 2 unspecified atom stereocenters. The van der Waals surface area contributed by atoms with Gasteiger partial charge < -0.3 is 15.2 Å². The molecule has 0 aliphatic heterocycles. The highest BCUT2D eigenvalue weighted by Gasteiger charge is 2.21. The van der Waals surface area contributed by atoms with Crippen LogP contribution in [0.3, 0.4) is 0 Å². The van der Waals surface area contributed by atoms with Crippen molar-refractivity contribution in [2.75, 3.05) is 7.11 Å². The fourth-order valence-corrected chi connectivity index (χ4v) is 2.74. The van der Waals surface area contributed by atoms with E-state index in [0.29, 0.717) is 6.04 Å². The summed E-state index contributed by atoms with van der Waals surface area (Å²) in [5.41, 5.74) is 2.11. The second-order valence-electron chi connectivity index (χ2n) is 5.10. The van der Waals surface area contributed by atoms with Crippen LogP contribution in [0, 0.1) is 6.92 Å². The average Bonchev–Trinajstić information content (AvgIpc) is 2.60. The standard InChI is InChI=1S/C13H23N3O2/c1-9-12(13(18-3)16(2)15-9)8-14-10-5-4-6-11(17)7-10/h10-11,14,17H,4-8H2,1-3H3.